The van der Waals surface area contributed by atoms with Crippen LogP contribution in [0.4, 0.5) is 16.3 Å². The van der Waals surface area contributed by atoms with Crippen molar-refractivity contribution in [2.45, 2.75) is 26.7 Å². The molecule has 0 bridgehead atoms. The maximum atomic E-state index is 12.6. The summed E-state index contributed by atoms with van der Waals surface area (Å²) in [6.45, 7) is 5.49. The Kier molecular flexibility index (Phi) is 6.44. The van der Waals surface area contributed by atoms with E-state index in [4.69, 9.17) is 14.2 Å². The first-order chi connectivity index (χ1) is 15.5. The molecule has 2 amide bonds. The van der Waals surface area contributed by atoms with Crippen LogP contribution in [-0.2, 0) is 16.0 Å². The number of carbonyl (C=O) groups is 2. The van der Waals surface area contributed by atoms with E-state index in [1.807, 2.05) is 32.0 Å². The second kappa shape index (κ2) is 9.59. The van der Waals surface area contributed by atoms with Crippen molar-refractivity contribution in [2.75, 3.05) is 30.5 Å². The molecule has 0 fully saturated rings. The molecule has 168 valence electrons. The van der Waals surface area contributed by atoms with Crippen LogP contribution in [0.5, 0.6) is 11.5 Å². The van der Waals surface area contributed by atoms with Crippen molar-refractivity contribution in [3.63, 3.8) is 0 Å². The largest absolute Gasteiger partial charge is 0.490 e. The van der Waals surface area contributed by atoms with Crippen molar-refractivity contribution in [1.29, 1.82) is 0 Å². The third-order valence-electron chi connectivity index (χ3n) is 4.79. The van der Waals surface area contributed by atoms with E-state index in [-0.39, 0.29) is 18.2 Å². The number of carbonyl (C=O) groups excluding carboxylic acids is 2. The van der Waals surface area contributed by atoms with E-state index in [0.29, 0.717) is 48.3 Å². The number of anilines is 2. The number of fused-ring (bicyclic) bond motifs is 2. The molecule has 0 radical (unpaired) electrons. The molecule has 2 heterocycles. The minimum atomic E-state index is -0.513. The van der Waals surface area contributed by atoms with Gasteiger partial charge in [-0.1, -0.05) is 19.9 Å². The van der Waals surface area contributed by atoms with Gasteiger partial charge < -0.3 is 19.5 Å². The molecular weight excluding hydrogens is 412 g/mol. The Balaban J connectivity index is 1.39. The molecule has 1 aromatic heterocycles. The second-order valence-corrected chi connectivity index (χ2v) is 8.01. The number of ether oxygens (including phenoxy) is 3. The number of nitrogens with zero attached hydrogens (tertiary/aromatic N) is 1. The van der Waals surface area contributed by atoms with E-state index in [2.05, 4.69) is 20.8 Å². The number of hydrogen-bond donors (Lipinski definition) is 3. The molecule has 9 heteroatoms. The Labute approximate surface area is 185 Å². The van der Waals surface area contributed by atoms with Gasteiger partial charge in [-0.2, -0.15) is 5.10 Å². The van der Waals surface area contributed by atoms with Gasteiger partial charge in [-0.15, -0.1) is 0 Å². The molecule has 2 aromatic carbocycles. The van der Waals surface area contributed by atoms with Crippen molar-refractivity contribution in [2.24, 2.45) is 5.92 Å². The van der Waals surface area contributed by atoms with Gasteiger partial charge in [-0.05, 0) is 41.8 Å². The van der Waals surface area contributed by atoms with Crippen LogP contribution in [0.15, 0.2) is 36.4 Å². The summed E-state index contributed by atoms with van der Waals surface area (Å²) in [4.78, 5) is 24.4. The fourth-order valence-corrected chi connectivity index (χ4v) is 3.27. The zero-order valence-electron chi connectivity index (χ0n) is 18.1. The number of aromatic nitrogens is 2. The minimum Gasteiger partial charge on any atom is -0.490 e. The maximum absolute atomic E-state index is 12.6. The molecule has 4 rings (SSSR count). The Morgan fingerprint density at radius 2 is 1.91 bits per heavy atom. The van der Waals surface area contributed by atoms with Crippen molar-refractivity contribution in [1.82, 2.24) is 10.2 Å². The molecule has 0 saturated heterocycles. The molecule has 1 aliphatic heterocycles. The highest BCUT2D eigenvalue weighted by Gasteiger charge is 2.15. The lowest BCUT2D eigenvalue weighted by molar-refractivity contribution is -0.115. The van der Waals surface area contributed by atoms with Gasteiger partial charge in [0.05, 0.1) is 31.8 Å². The molecule has 32 heavy (non-hydrogen) atoms. The van der Waals surface area contributed by atoms with Crippen LogP contribution in [0.2, 0.25) is 0 Å². The predicted molar refractivity (Wildman–Crippen MR) is 120 cm³/mol. The summed E-state index contributed by atoms with van der Waals surface area (Å²) in [5.41, 5.74) is 2.07. The van der Waals surface area contributed by atoms with Gasteiger partial charge in [0.1, 0.15) is 0 Å². The first-order valence-corrected chi connectivity index (χ1v) is 10.6. The fourth-order valence-electron chi connectivity index (χ4n) is 3.27. The number of benzene rings is 2. The second-order valence-electron chi connectivity index (χ2n) is 8.01. The van der Waals surface area contributed by atoms with Gasteiger partial charge in [0.25, 0.3) is 0 Å². The number of aromatic amines is 1. The van der Waals surface area contributed by atoms with Crippen LogP contribution in [0.25, 0.3) is 10.9 Å². The molecule has 0 aliphatic carbocycles. The number of rotatable bonds is 6. The molecule has 1 aliphatic rings. The van der Waals surface area contributed by atoms with E-state index < -0.39 is 6.09 Å². The van der Waals surface area contributed by atoms with E-state index in [1.165, 1.54) is 0 Å². The average Bonchev–Trinajstić information content (AvgIpc) is 2.99. The number of nitrogens with one attached hydrogen (secondary N) is 3. The SMILES string of the molecule is CC(C)COC(=O)Nc1ccc2c(NC(=O)Cc3ccc4c(c3)OCCCO4)n[nH]c2c1. The van der Waals surface area contributed by atoms with Gasteiger partial charge >= 0.3 is 6.09 Å². The summed E-state index contributed by atoms with van der Waals surface area (Å²) >= 11 is 0. The van der Waals surface area contributed by atoms with E-state index in [9.17, 15) is 9.59 Å². The molecule has 0 unspecified atom stereocenters. The van der Waals surface area contributed by atoms with Crippen molar-refractivity contribution >= 4 is 34.4 Å². The molecule has 3 aromatic rings. The standard InChI is InChI=1S/C23H26N4O5/c1-14(2)13-32-23(29)24-16-5-6-17-18(12-16)26-27-22(17)25-21(28)11-15-4-7-19-20(10-15)31-9-3-8-30-19/h4-7,10,12,14H,3,8-9,11,13H2,1-2H3,(H,24,29)(H2,25,26,27,28). The highest BCUT2D eigenvalue weighted by molar-refractivity contribution is 6.01. The van der Waals surface area contributed by atoms with E-state index in [1.54, 1.807) is 18.2 Å². The van der Waals surface area contributed by atoms with Crippen LogP contribution in [0.3, 0.4) is 0 Å². The summed E-state index contributed by atoms with van der Waals surface area (Å²) in [6.07, 6.45) is 0.487. The molecule has 3 N–H and O–H groups in total. The lowest BCUT2D eigenvalue weighted by atomic mass is 10.1. The number of hydrogen-bond acceptors (Lipinski definition) is 6. The molecule has 0 atom stereocenters. The summed E-state index contributed by atoms with van der Waals surface area (Å²) in [7, 11) is 0. The smallest absolute Gasteiger partial charge is 0.411 e. The van der Waals surface area contributed by atoms with Crippen molar-refractivity contribution < 1.29 is 23.8 Å². The average molecular weight is 438 g/mol. The van der Waals surface area contributed by atoms with E-state index >= 15 is 0 Å². The molecule has 0 spiro atoms. The monoisotopic (exact) mass is 438 g/mol. The highest BCUT2D eigenvalue weighted by atomic mass is 16.5. The summed E-state index contributed by atoms with van der Waals surface area (Å²) < 4.78 is 16.4. The Hall–Kier alpha value is -3.75. The lowest BCUT2D eigenvalue weighted by Gasteiger charge is -2.09. The third kappa shape index (κ3) is 5.29. The van der Waals surface area contributed by atoms with Gasteiger partial charge in [0.15, 0.2) is 17.3 Å². The zero-order chi connectivity index (χ0) is 22.5. The van der Waals surface area contributed by atoms with Crippen molar-refractivity contribution in [3.8, 4) is 11.5 Å². The molecule has 9 nitrogen and oxygen atoms in total. The topological polar surface area (TPSA) is 115 Å². The van der Waals surface area contributed by atoms with Crippen LogP contribution in [0.1, 0.15) is 25.8 Å². The Morgan fingerprint density at radius 3 is 2.72 bits per heavy atom. The van der Waals surface area contributed by atoms with Crippen LogP contribution in [-0.4, -0.2) is 42.0 Å². The molecular formula is C23H26N4O5. The first kappa shape index (κ1) is 21.5. The summed E-state index contributed by atoms with van der Waals surface area (Å²) in [6, 6.07) is 10.8. The van der Waals surface area contributed by atoms with Crippen LogP contribution >= 0.6 is 0 Å². The van der Waals surface area contributed by atoms with E-state index in [0.717, 1.165) is 17.4 Å². The highest BCUT2D eigenvalue weighted by Crippen LogP contribution is 2.31. The van der Waals surface area contributed by atoms with Gasteiger partial charge in [-0.25, -0.2) is 4.79 Å². The minimum absolute atomic E-state index is 0.173. The van der Waals surface area contributed by atoms with Gasteiger partial charge in [0.2, 0.25) is 5.91 Å². The first-order valence-electron chi connectivity index (χ1n) is 10.6. The predicted octanol–water partition coefficient (Wildman–Crippen LogP) is 4.11. The van der Waals surface area contributed by atoms with Gasteiger partial charge in [0, 0.05) is 17.5 Å². The maximum Gasteiger partial charge on any atom is 0.411 e. The zero-order valence-corrected chi connectivity index (χ0v) is 18.1. The Morgan fingerprint density at radius 1 is 1.09 bits per heavy atom. The van der Waals surface area contributed by atoms with Crippen molar-refractivity contribution in [3.05, 3.63) is 42.0 Å². The summed E-state index contributed by atoms with van der Waals surface area (Å²) in [5.74, 6) is 1.83. The van der Waals surface area contributed by atoms with Gasteiger partial charge in [-0.3, -0.25) is 15.2 Å². The van der Waals surface area contributed by atoms with Crippen LogP contribution < -0.4 is 20.1 Å². The summed E-state index contributed by atoms with van der Waals surface area (Å²) in [5, 5.41) is 13.3. The fraction of sp³-hybridized carbons (Fsp3) is 0.348. The number of H-pyrrole nitrogens is 1. The Bertz CT molecular complexity index is 1120. The quantitative estimate of drug-likeness (QED) is 0.534. The normalized spacial score (nSPS) is 13.0. The molecule has 0 saturated carbocycles. The number of amides is 2. The van der Waals surface area contributed by atoms with Crippen LogP contribution in [0, 0.1) is 5.92 Å². The lowest BCUT2D eigenvalue weighted by Crippen LogP contribution is -2.16. The third-order valence-corrected chi connectivity index (χ3v) is 4.79.